The van der Waals surface area contributed by atoms with E-state index in [0.717, 1.165) is 22.4 Å². The predicted octanol–water partition coefficient (Wildman–Crippen LogP) is 2.61. The summed E-state index contributed by atoms with van der Waals surface area (Å²) in [6, 6.07) is 15.9. The fourth-order valence-corrected chi connectivity index (χ4v) is 3.70. The van der Waals surface area contributed by atoms with E-state index < -0.39 is 0 Å². The lowest BCUT2D eigenvalue weighted by Gasteiger charge is -2.27. The van der Waals surface area contributed by atoms with Crippen molar-refractivity contribution in [1.82, 2.24) is 5.32 Å². The van der Waals surface area contributed by atoms with Crippen LogP contribution in [-0.4, -0.2) is 64.5 Å². The van der Waals surface area contributed by atoms with Crippen LogP contribution in [0.3, 0.4) is 0 Å². The average Bonchev–Trinajstić information content (AvgIpc) is 2.87. The Morgan fingerprint density at radius 1 is 0.800 bits per heavy atom. The first-order valence-electron chi connectivity index (χ1n) is 12.0. The first kappa shape index (κ1) is 26.6. The number of para-hydroxylation sites is 1. The molecule has 188 valence electrons. The molecule has 2 aromatic rings. The Hall–Kier alpha value is -3.04. The Morgan fingerprint density at radius 2 is 1.43 bits per heavy atom. The maximum atomic E-state index is 13.2. The predicted molar refractivity (Wildman–Crippen MR) is 137 cm³/mol. The quantitative estimate of drug-likeness (QED) is 0.402. The van der Waals surface area contributed by atoms with Crippen LogP contribution in [0, 0.1) is 0 Å². The summed E-state index contributed by atoms with van der Waals surface area (Å²) in [7, 11) is 0. The monoisotopic (exact) mass is 481 g/mol. The highest BCUT2D eigenvalue weighted by Gasteiger charge is 2.21. The minimum atomic E-state index is -0.170. The van der Waals surface area contributed by atoms with Crippen molar-refractivity contribution in [2.75, 3.05) is 57.6 Å². The Bertz CT molecular complexity index is 979. The first-order valence-corrected chi connectivity index (χ1v) is 12.0. The highest BCUT2D eigenvalue weighted by atomic mass is 16.5. The fraction of sp³-hybridized carbons (Fsp3) is 0.407. The van der Waals surface area contributed by atoms with Crippen LogP contribution < -0.4 is 16.0 Å². The van der Waals surface area contributed by atoms with Crippen molar-refractivity contribution >= 4 is 29.7 Å². The molecule has 1 heterocycles. The molecule has 0 atom stereocenters. The maximum Gasteiger partial charge on any atom is 0.227 e. The van der Waals surface area contributed by atoms with E-state index >= 15 is 0 Å². The minimum absolute atomic E-state index is 0.0819. The van der Waals surface area contributed by atoms with E-state index in [1.54, 1.807) is 4.90 Å². The van der Waals surface area contributed by atoms with Crippen LogP contribution in [0.15, 0.2) is 48.5 Å². The van der Waals surface area contributed by atoms with Gasteiger partial charge in [-0.1, -0.05) is 54.6 Å². The van der Waals surface area contributed by atoms with Gasteiger partial charge in [0.1, 0.15) is 0 Å². The number of rotatable bonds is 14. The van der Waals surface area contributed by atoms with E-state index in [9.17, 15) is 9.59 Å². The number of carbonyl (C=O) groups is 2. The number of benzene rings is 2. The molecule has 0 saturated heterocycles. The number of fused-ring (bicyclic) bond motifs is 2. The average molecular weight is 482 g/mol. The molecular formula is C27H35N3O5. The molecule has 0 saturated carbocycles. The lowest BCUT2D eigenvalue weighted by molar-refractivity contribution is -0.125. The maximum absolute atomic E-state index is 13.2. The van der Waals surface area contributed by atoms with Crippen LogP contribution in [-0.2, 0) is 30.3 Å². The molecule has 0 bridgehead atoms. The molecule has 0 fully saturated rings. The number of ether oxygens (including phenoxy) is 3. The van der Waals surface area contributed by atoms with Crippen LogP contribution in [0.4, 0.5) is 5.69 Å². The molecule has 3 rings (SSSR count). The number of nitrogens with two attached hydrogens (primary N) is 1. The lowest BCUT2D eigenvalue weighted by Crippen LogP contribution is -2.33. The molecule has 1 aliphatic heterocycles. The van der Waals surface area contributed by atoms with Gasteiger partial charge in [-0.25, -0.2) is 0 Å². The summed E-state index contributed by atoms with van der Waals surface area (Å²) in [5.41, 5.74) is 9.32. The topological polar surface area (TPSA) is 103 Å². The molecular weight excluding hydrogens is 446 g/mol. The van der Waals surface area contributed by atoms with E-state index in [1.807, 2.05) is 54.6 Å². The Balaban J connectivity index is 1.39. The van der Waals surface area contributed by atoms with E-state index in [1.165, 1.54) is 0 Å². The van der Waals surface area contributed by atoms with Crippen LogP contribution in [0.2, 0.25) is 0 Å². The van der Waals surface area contributed by atoms with Crippen LogP contribution >= 0.6 is 0 Å². The van der Waals surface area contributed by atoms with Gasteiger partial charge in [0.15, 0.2) is 0 Å². The number of nitrogens with zero attached hydrogens (tertiary/aromatic N) is 1. The largest absolute Gasteiger partial charge is 0.378 e. The second kappa shape index (κ2) is 15.1. The smallest absolute Gasteiger partial charge is 0.227 e. The zero-order chi connectivity index (χ0) is 24.7. The van der Waals surface area contributed by atoms with Gasteiger partial charge in [-0.3, -0.25) is 9.59 Å². The highest BCUT2D eigenvalue weighted by molar-refractivity contribution is 5.98. The number of carbonyl (C=O) groups excluding carboxylic acids is 2. The normalized spacial score (nSPS) is 12.4. The van der Waals surface area contributed by atoms with Crippen LogP contribution in [0.25, 0.3) is 12.2 Å². The molecule has 0 spiro atoms. The summed E-state index contributed by atoms with van der Waals surface area (Å²) in [5.74, 6) is -0.252. The Labute approximate surface area is 207 Å². The van der Waals surface area contributed by atoms with Gasteiger partial charge in [0.2, 0.25) is 11.8 Å². The second-order valence-electron chi connectivity index (χ2n) is 8.05. The van der Waals surface area contributed by atoms with Gasteiger partial charge in [-0.15, -0.1) is 0 Å². The van der Waals surface area contributed by atoms with E-state index in [2.05, 4.69) is 11.4 Å². The molecule has 2 amide bonds. The zero-order valence-electron chi connectivity index (χ0n) is 20.1. The molecule has 1 aliphatic rings. The number of hydrogen-bond acceptors (Lipinski definition) is 6. The molecule has 0 aliphatic carbocycles. The molecule has 8 nitrogen and oxygen atoms in total. The highest BCUT2D eigenvalue weighted by Crippen LogP contribution is 2.29. The van der Waals surface area contributed by atoms with Crippen LogP contribution in [0.1, 0.15) is 29.5 Å². The molecule has 0 radical (unpaired) electrons. The molecule has 3 N–H and O–H groups in total. The molecule has 35 heavy (non-hydrogen) atoms. The van der Waals surface area contributed by atoms with Crippen molar-refractivity contribution in [3.8, 4) is 0 Å². The standard InChI is InChI=1S/C27H35N3O5/c28-13-15-33-17-19-35-20-18-34-16-14-29-26(31)11-12-27(32)30-21-24-7-2-1-5-22(24)9-10-23-6-3-4-8-25(23)30/h1-10H,11-21,28H2,(H,29,31). The van der Waals surface area contributed by atoms with Gasteiger partial charge in [0, 0.05) is 25.9 Å². The number of anilines is 1. The van der Waals surface area contributed by atoms with Crippen molar-refractivity contribution in [1.29, 1.82) is 0 Å². The fourth-order valence-electron chi connectivity index (χ4n) is 3.70. The van der Waals surface area contributed by atoms with E-state index in [-0.39, 0.29) is 24.7 Å². The van der Waals surface area contributed by atoms with Gasteiger partial charge in [0.05, 0.1) is 51.9 Å². The minimum Gasteiger partial charge on any atom is -0.378 e. The number of hydrogen-bond donors (Lipinski definition) is 2. The first-order chi connectivity index (χ1) is 17.2. The summed E-state index contributed by atoms with van der Waals surface area (Å²) in [6.07, 6.45) is 4.37. The summed E-state index contributed by atoms with van der Waals surface area (Å²) < 4.78 is 16.0. The summed E-state index contributed by atoms with van der Waals surface area (Å²) in [4.78, 5) is 27.2. The molecule has 0 aromatic heterocycles. The molecule has 0 unspecified atom stereocenters. The lowest BCUT2D eigenvalue weighted by atomic mass is 10.0. The number of amides is 2. The summed E-state index contributed by atoms with van der Waals surface area (Å²) in [6.45, 7) is 4.18. The van der Waals surface area contributed by atoms with Crippen molar-refractivity contribution in [2.45, 2.75) is 19.4 Å². The third-order valence-corrected chi connectivity index (χ3v) is 5.50. The van der Waals surface area contributed by atoms with Crippen molar-refractivity contribution in [3.63, 3.8) is 0 Å². The van der Waals surface area contributed by atoms with Crippen LogP contribution in [0.5, 0.6) is 0 Å². The van der Waals surface area contributed by atoms with E-state index in [4.69, 9.17) is 19.9 Å². The molecule has 8 heteroatoms. The summed E-state index contributed by atoms with van der Waals surface area (Å²) >= 11 is 0. The van der Waals surface area contributed by atoms with Gasteiger partial charge in [-0.2, -0.15) is 0 Å². The molecule has 2 aromatic carbocycles. The van der Waals surface area contributed by atoms with Crippen molar-refractivity contribution in [3.05, 3.63) is 65.2 Å². The van der Waals surface area contributed by atoms with E-state index in [0.29, 0.717) is 59.3 Å². The Kier molecular flexibility index (Phi) is 11.4. The third-order valence-electron chi connectivity index (χ3n) is 5.50. The van der Waals surface area contributed by atoms with Gasteiger partial charge >= 0.3 is 0 Å². The van der Waals surface area contributed by atoms with Crippen molar-refractivity contribution < 1.29 is 23.8 Å². The third kappa shape index (κ3) is 8.92. The zero-order valence-corrected chi connectivity index (χ0v) is 20.1. The van der Waals surface area contributed by atoms with Crippen molar-refractivity contribution in [2.24, 2.45) is 5.73 Å². The SMILES string of the molecule is NCCOCCOCCOCCNC(=O)CCC(=O)N1Cc2ccccc2C=Cc2ccccc21. The van der Waals surface area contributed by atoms with Gasteiger partial charge in [-0.05, 0) is 22.8 Å². The van der Waals surface area contributed by atoms with Gasteiger partial charge in [0.25, 0.3) is 0 Å². The Morgan fingerprint density at radius 3 is 2.20 bits per heavy atom. The second-order valence-corrected chi connectivity index (χ2v) is 8.05. The summed E-state index contributed by atoms with van der Waals surface area (Å²) in [5, 5.41) is 2.80. The number of nitrogens with one attached hydrogen (secondary N) is 1. The van der Waals surface area contributed by atoms with Gasteiger partial charge < -0.3 is 30.2 Å².